The molecule has 4 heterocycles. The third kappa shape index (κ3) is 6.34. The van der Waals surface area contributed by atoms with Crippen molar-refractivity contribution in [2.75, 3.05) is 0 Å². The molecule has 0 aromatic carbocycles. The summed E-state index contributed by atoms with van der Waals surface area (Å²) in [4.78, 5) is 4.00. The van der Waals surface area contributed by atoms with Gasteiger partial charge in [0.1, 0.15) is 0 Å². The molecule has 0 bridgehead atoms. The van der Waals surface area contributed by atoms with Crippen LogP contribution in [0, 0.1) is 0 Å². The minimum Gasteiger partial charge on any atom is -0.427 e. The van der Waals surface area contributed by atoms with E-state index in [4.69, 9.17) is 16.8 Å². The smallest absolute Gasteiger partial charge is 0.339 e. The minimum absolute atomic E-state index is 0.488. The molecule has 2 N–H and O–H groups in total. The van der Waals surface area contributed by atoms with E-state index in [1.165, 1.54) is 6.20 Å². The molecule has 2 aromatic rings. The summed E-state index contributed by atoms with van der Waals surface area (Å²) in [5.41, 5.74) is 1.57. The highest BCUT2D eigenvalue weighted by Crippen LogP contribution is 2.61. The molecule has 132 valence electrons. The van der Waals surface area contributed by atoms with Crippen LogP contribution in [0.25, 0.3) is 22.4 Å². The SMILES string of the molecule is Clc1ccnc2[nH]ncc12.O=P(Cl)(Cl)Cl.On1cccc2cnnc1-2. The summed E-state index contributed by atoms with van der Waals surface area (Å²) in [6.07, 6.45) is 6.41. The van der Waals surface area contributed by atoms with Crippen molar-refractivity contribution in [1.29, 1.82) is 0 Å². The van der Waals surface area contributed by atoms with Crippen LogP contribution < -0.4 is 0 Å². The van der Waals surface area contributed by atoms with Crippen LogP contribution in [0.4, 0.5) is 0 Å². The van der Waals surface area contributed by atoms with Gasteiger partial charge in [-0.2, -0.15) is 14.9 Å². The lowest BCUT2D eigenvalue weighted by Gasteiger charge is -1.99. The number of H-pyrrole nitrogens is 1. The van der Waals surface area contributed by atoms with Gasteiger partial charge in [0.2, 0.25) is 0 Å². The number of pyridine rings is 2. The average molecular weight is 442 g/mol. The van der Waals surface area contributed by atoms with Gasteiger partial charge in [-0.15, -0.1) is 5.10 Å². The molecule has 13 heteroatoms. The van der Waals surface area contributed by atoms with E-state index in [0.717, 1.165) is 21.3 Å². The highest BCUT2D eigenvalue weighted by molar-refractivity contribution is 8.24. The van der Waals surface area contributed by atoms with Crippen LogP contribution in [0.3, 0.4) is 0 Å². The van der Waals surface area contributed by atoms with Gasteiger partial charge >= 0.3 is 5.20 Å². The number of nitrogens with zero attached hydrogens (tertiary/aromatic N) is 5. The summed E-state index contributed by atoms with van der Waals surface area (Å²) in [5.74, 6) is 0.488. The second kappa shape index (κ2) is 8.69. The Labute approximate surface area is 160 Å². The number of aromatic nitrogens is 6. The van der Waals surface area contributed by atoms with Crippen LogP contribution in [0.1, 0.15) is 0 Å². The summed E-state index contributed by atoms with van der Waals surface area (Å²) < 4.78 is 10.5. The summed E-state index contributed by atoms with van der Waals surface area (Å²) in [7, 11) is 0. The molecular weight excluding hydrogens is 433 g/mol. The van der Waals surface area contributed by atoms with E-state index in [2.05, 4.69) is 59.1 Å². The fourth-order valence-electron chi connectivity index (χ4n) is 1.68. The van der Waals surface area contributed by atoms with Crippen LogP contribution in [0.2, 0.25) is 5.02 Å². The molecule has 0 radical (unpaired) electrons. The summed E-state index contributed by atoms with van der Waals surface area (Å²) in [6, 6.07) is 5.30. The maximum Gasteiger partial charge on any atom is 0.339 e. The molecule has 4 rings (SSSR count). The second-order valence-corrected chi connectivity index (χ2v) is 11.3. The zero-order chi connectivity index (χ0) is 18.4. The maximum atomic E-state index is 9.51. The molecule has 0 amide bonds. The minimum atomic E-state index is -3.22. The third-order valence-corrected chi connectivity index (χ3v) is 2.96. The maximum absolute atomic E-state index is 9.51. The lowest BCUT2D eigenvalue weighted by molar-refractivity contribution is 0.186. The van der Waals surface area contributed by atoms with Crippen molar-refractivity contribution in [3.8, 4) is 11.4 Å². The van der Waals surface area contributed by atoms with Crippen molar-refractivity contribution in [3.05, 3.63) is 48.0 Å². The van der Waals surface area contributed by atoms with E-state index in [1.54, 1.807) is 30.7 Å². The Balaban J connectivity index is 0.000000144. The lowest BCUT2D eigenvalue weighted by atomic mass is 10.3. The third-order valence-electron chi connectivity index (χ3n) is 2.63. The van der Waals surface area contributed by atoms with Crippen molar-refractivity contribution < 1.29 is 9.77 Å². The highest BCUT2D eigenvalue weighted by Gasteiger charge is 2.06. The molecular formula is C12H9Cl4N6O2P. The van der Waals surface area contributed by atoms with Gasteiger partial charge in [0.25, 0.3) is 0 Å². The first kappa shape index (κ1) is 19.8. The quantitative estimate of drug-likeness (QED) is 0.292. The number of rotatable bonds is 0. The van der Waals surface area contributed by atoms with Crippen LogP contribution in [-0.2, 0) is 4.57 Å². The predicted molar refractivity (Wildman–Crippen MR) is 97.9 cm³/mol. The van der Waals surface area contributed by atoms with Gasteiger partial charge in [-0.1, -0.05) is 11.6 Å². The standard InChI is InChI=1S/C6H4ClN3.C6H5N3O.Cl3OP/c7-5-1-2-8-6-4(5)3-9-10-6;10-9-3-1-2-5-4-7-8-6(5)9;1-5(2,3)4/h1-3H,(H,8,9,10);1-4,10H;. The van der Waals surface area contributed by atoms with E-state index < -0.39 is 5.20 Å². The van der Waals surface area contributed by atoms with Crippen molar-refractivity contribution in [2.24, 2.45) is 0 Å². The molecule has 25 heavy (non-hydrogen) atoms. The Bertz CT molecular complexity index is 962. The Hall–Kier alpha value is -1.57. The number of hydrogen-bond donors (Lipinski definition) is 2. The van der Waals surface area contributed by atoms with Crippen LogP contribution in [-0.4, -0.2) is 35.3 Å². The molecule has 2 aliphatic heterocycles. The molecule has 2 aromatic heterocycles. The van der Waals surface area contributed by atoms with Gasteiger partial charge in [-0.25, -0.2) is 4.98 Å². The van der Waals surface area contributed by atoms with Gasteiger partial charge in [0, 0.05) is 18.0 Å². The van der Waals surface area contributed by atoms with E-state index in [0.29, 0.717) is 10.8 Å². The van der Waals surface area contributed by atoms with Crippen LogP contribution in [0.15, 0.2) is 43.0 Å². The lowest BCUT2D eigenvalue weighted by Crippen LogP contribution is -1.96. The molecule has 0 atom stereocenters. The first-order valence-corrected chi connectivity index (χ1v) is 11.2. The topological polar surface area (TPSA) is 110 Å². The van der Waals surface area contributed by atoms with Crippen molar-refractivity contribution in [3.63, 3.8) is 0 Å². The van der Waals surface area contributed by atoms with Crippen molar-refractivity contribution >= 4 is 61.6 Å². The molecule has 0 saturated carbocycles. The van der Waals surface area contributed by atoms with Crippen molar-refractivity contribution in [1.82, 2.24) is 30.1 Å². The summed E-state index contributed by atoms with van der Waals surface area (Å²) >= 11 is 19.6. The van der Waals surface area contributed by atoms with Gasteiger partial charge < -0.3 is 5.21 Å². The number of halogens is 4. The zero-order valence-corrected chi connectivity index (χ0v) is 16.0. The largest absolute Gasteiger partial charge is 0.427 e. The molecule has 0 unspecified atom stereocenters. The van der Waals surface area contributed by atoms with Gasteiger partial charge in [0.15, 0.2) is 11.5 Å². The van der Waals surface area contributed by atoms with Crippen LogP contribution >= 0.6 is 50.5 Å². The number of aromatic amines is 1. The fraction of sp³-hybridized carbons (Fsp3) is 0. The van der Waals surface area contributed by atoms with Gasteiger partial charge in [-0.3, -0.25) is 9.66 Å². The summed E-state index contributed by atoms with van der Waals surface area (Å²) in [6.45, 7) is 0. The molecule has 0 spiro atoms. The first-order valence-electron chi connectivity index (χ1n) is 6.36. The first-order chi connectivity index (χ1) is 11.8. The Morgan fingerprint density at radius 3 is 2.56 bits per heavy atom. The van der Waals surface area contributed by atoms with E-state index in [9.17, 15) is 4.57 Å². The Morgan fingerprint density at radius 2 is 1.92 bits per heavy atom. The monoisotopic (exact) mass is 440 g/mol. The van der Waals surface area contributed by atoms with E-state index in [-0.39, 0.29) is 0 Å². The van der Waals surface area contributed by atoms with E-state index >= 15 is 0 Å². The highest BCUT2D eigenvalue weighted by atomic mass is 36.0. The Morgan fingerprint density at radius 1 is 1.20 bits per heavy atom. The zero-order valence-electron chi connectivity index (χ0n) is 12.1. The molecule has 2 aliphatic rings. The van der Waals surface area contributed by atoms with E-state index in [1.807, 2.05) is 6.07 Å². The number of fused-ring (bicyclic) bond motifs is 2. The summed E-state index contributed by atoms with van der Waals surface area (Å²) in [5, 5.41) is 21.2. The molecule has 0 saturated heterocycles. The average Bonchev–Trinajstić information content (AvgIpc) is 3.16. The molecule has 8 nitrogen and oxygen atoms in total. The molecule has 0 aliphatic carbocycles. The fourth-order valence-corrected chi connectivity index (χ4v) is 1.87. The van der Waals surface area contributed by atoms with Crippen molar-refractivity contribution in [2.45, 2.75) is 0 Å². The van der Waals surface area contributed by atoms with Crippen LogP contribution in [0.5, 0.6) is 0 Å². The predicted octanol–water partition coefficient (Wildman–Crippen LogP) is 5.04. The Kier molecular flexibility index (Phi) is 6.87. The van der Waals surface area contributed by atoms with Gasteiger partial charge in [0.05, 0.1) is 22.8 Å². The second-order valence-electron chi connectivity index (χ2n) is 4.30. The number of nitrogens with one attached hydrogen (secondary N) is 1. The van der Waals surface area contributed by atoms with Gasteiger partial charge in [-0.05, 0) is 51.9 Å². The normalized spacial score (nSPS) is 10.7. The number of hydrogen-bond acceptors (Lipinski definition) is 6. The molecule has 0 fully saturated rings.